The lowest BCUT2D eigenvalue weighted by molar-refractivity contribution is -0.118. The first kappa shape index (κ1) is 22.9. The predicted octanol–water partition coefficient (Wildman–Crippen LogP) is 7.30. The van der Waals surface area contributed by atoms with Gasteiger partial charge in [-0.05, 0) is 85.3 Å². The molecule has 0 saturated heterocycles. The molecule has 33 heavy (non-hydrogen) atoms. The first-order chi connectivity index (χ1) is 15.8. The molecule has 0 aliphatic heterocycles. The molecule has 0 unspecified atom stereocenters. The Morgan fingerprint density at radius 1 is 1.09 bits per heavy atom. The maximum Gasteiger partial charge on any atom is 0.262 e. The van der Waals surface area contributed by atoms with Gasteiger partial charge in [-0.2, -0.15) is 0 Å². The third kappa shape index (κ3) is 5.37. The van der Waals surface area contributed by atoms with E-state index in [0.29, 0.717) is 28.3 Å². The van der Waals surface area contributed by atoms with E-state index in [2.05, 4.69) is 42.3 Å². The fourth-order valence-electron chi connectivity index (χ4n) is 3.72. The van der Waals surface area contributed by atoms with Gasteiger partial charge in [0.25, 0.3) is 5.91 Å². The van der Waals surface area contributed by atoms with E-state index >= 15 is 0 Å². The van der Waals surface area contributed by atoms with Crippen molar-refractivity contribution in [1.29, 1.82) is 0 Å². The molecule has 3 aromatic carbocycles. The minimum atomic E-state index is -0.302. The number of aromatic nitrogens is 1. The van der Waals surface area contributed by atoms with Crippen molar-refractivity contribution < 1.29 is 13.9 Å². The number of amides is 1. The Balaban J connectivity index is 1.51. The van der Waals surface area contributed by atoms with Crippen LogP contribution in [0.1, 0.15) is 42.9 Å². The zero-order valence-electron chi connectivity index (χ0n) is 19.2. The van der Waals surface area contributed by atoms with Gasteiger partial charge < -0.3 is 14.5 Å². The van der Waals surface area contributed by atoms with E-state index in [-0.39, 0.29) is 12.5 Å². The second kappa shape index (κ2) is 9.67. The molecule has 1 N–H and O–H groups in total. The number of benzene rings is 3. The number of rotatable bonds is 7. The SMILES string of the molecule is CC[C@@H](C)c1ccc2oc(-c3ccc(Cl)c(NC(=O)COc4cc(C)cc(C)c4)c3)nc2c1. The smallest absolute Gasteiger partial charge is 0.262 e. The molecule has 4 rings (SSSR count). The predicted molar refractivity (Wildman–Crippen MR) is 133 cm³/mol. The summed E-state index contributed by atoms with van der Waals surface area (Å²) in [7, 11) is 0. The minimum Gasteiger partial charge on any atom is -0.484 e. The van der Waals surface area contributed by atoms with E-state index < -0.39 is 0 Å². The van der Waals surface area contributed by atoms with Gasteiger partial charge >= 0.3 is 0 Å². The van der Waals surface area contributed by atoms with Crippen molar-refractivity contribution in [3.8, 4) is 17.2 Å². The highest BCUT2D eigenvalue weighted by atomic mass is 35.5. The van der Waals surface area contributed by atoms with Crippen molar-refractivity contribution in [2.24, 2.45) is 0 Å². The summed E-state index contributed by atoms with van der Waals surface area (Å²) in [5, 5.41) is 3.24. The molecule has 6 heteroatoms. The fourth-order valence-corrected chi connectivity index (χ4v) is 3.88. The summed E-state index contributed by atoms with van der Waals surface area (Å²) in [6, 6.07) is 17.2. The molecule has 170 valence electrons. The third-order valence-corrected chi connectivity index (χ3v) is 5.98. The van der Waals surface area contributed by atoms with E-state index in [4.69, 9.17) is 20.8 Å². The van der Waals surface area contributed by atoms with Crippen LogP contribution in [0.4, 0.5) is 5.69 Å². The molecule has 0 spiro atoms. The van der Waals surface area contributed by atoms with Gasteiger partial charge in [-0.3, -0.25) is 4.79 Å². The van der Waals surface area contributed by atoms with Gasteiger partial charge in [0.2, 0.25) is 5.89 Å². The van der Waals surface area contributed by atoms with Crippen molar-refractivity contribution in [3.05, 3.63) is 76.3 Å². The van der Waals surface area contributed by atoms with Gasteiger partial charge in [-0.1, -0.05) is 37.6 Å². The first-order valence-corrected chi connectivity index (χ1v) is 11.4. The number of anilines is 1. The van der Waals surface area contributed by atoms with Crippen LogP contribution in [0.2, 0.25) is 5.02 Å². The summed E-state index contributed by atoms with van der Waals surface area (Å²) in [6.45, 7) is 8.22. The van der Waals surface area contributed by atoms with Gasteiger partial charge in [-0.15, -0.1) is 0 Å². The molecule has 1 atom stereocenters. The van der Waals surface area contributed by atoms with Crippen LogP contribution >= 0.6 is 11.6 Å². The zero-order chi connectivity index (χ0) is 23.5. The van der Waals surface area contributed by atoms with E-state index in [1.165, 1.54) is 5.56 Å². The van der Waals surface area contributed by atoms with Crippen molar-refractivity contribution in [3.63, 3.8) is 0 Å². The number of carbonyl (C=O) groups excluding carboxylic acids is 1. The number of ether oxygens (including phenoxy) is 1. The number of nitrogens with one attached hydrogen (secondary N) is 1. The highest BCUT2D eigenvalue weighted by molar-refractivity contribution is 6.33. The third-order valence-electron chi connectivity index (χ3n) is 5.65. The number of hydrogen-bond acceptors (Lipinski definition) is 4. The van der Waals surface area contributed by atoms with Gasteiger partial charge in [0.15, 0.2) is 12.2 Å². The summed E-state index contributed by atoms with van der Waals surface area (Å²) < 4.78 is 11.6. The molecule has 0 radical (unpaired) electrons. The largest absolute Gasteiger partial charge is 0.484 e. The zero-order valence-corrected chi connectivity index (χ0v) is 20.0. The average Bonchev–Trinajstić information content (AvgIpc) is 3.21. The van der Waals surface area contributed by atoms with Crippen molar-refractivity contribution in [1.82, 2.24) is 4.98 Å². The van der Waals surface area contributed by atoms with Crippen LogP contribution in [0.3, 0.4) is 0 Å². The molecule has 1 aromatic heterocycles. The molecule has 0 aliphatic carbocycles. The average molecular weight is 463 g/mol. The number of nitrogens with zero attached hydrogens (tertiary/aromatic N) is 1. The molecule has 5 nitrogen and oxygen atoms in total. The van der Waals surface area contributed by atoms with Crippen LogP contribution in [0.25, 0.3) is 22.6 Å². The number of oxazole rings is 1. The van der Waals surface area contributed by atoms with Crippen LogP contribution in [-0.2, 0) is 4.79 Å². The van der Waals surface area contributed by atoms with E-state index in [1.807, 2.05) is 38.1 Å². The molecule has 1 heterocycles. The molecule has 1 amide bonds. The highest BCUT2D eigenvalue weighted by Crippen LogP contribution is 2.32. The van der Waals surface area contributed by atoms with Crippen molar-refractivity contribution in [2.75, 3.05) is 11.9 Å². The maximum atomic E-state index is 12.5. The van der Waals surface area contributed by atoms with Crippen molar-refractivity contribution in [2.45, 2.75) is 40.0 Å². The summed E-state index contributed by atoms with van der Waals surface area (Å²) in [5.74, 6) is 1.29. The topological polar surface area (TPSA) is 64.4 Å². The van der Waals surface area contributed by atoms with Gasteiger partial charge in [0.05, 0.1) is 10.7 Å². The molecular formula is C27H27ClN2O3. The Labute approximate surface area is 198 Å². The number of aryl methyl sites for hydroxylation is 2. The van der Waals surface area contributed by atoms with Gasteiger partial charge in [0, 0.05) is 5.56 Å². The standard InChI is InChI=1S/C27H27ClN2O3/c1-5-18(4)19-7-9-25-24(13-19)30-27(33-25)20-6-8-22(28)23(14-20)29-26(31)15-32-21-11-16(2)10-17(3)12-21/h6-14,18H,5,15H2,1-4H3,(H,29,31)/t18-/m1/s1. The van der Waals surface area contributed by atoms with E-state index in [0.717, 1.165) is 34.2 Å². The molecule has 0 saturated carbocycles. The van der Waals surface area contributed by atoms with Crippen LogP contribution in [0.15, 0.2) is 59.0 Å². The Morgan fingerprint density at radius 2 is 1.85 bits per heavy atom. The summed E-state index contributed by atoms with van der Waals surface area (Å²) in [6.07, 6.45) is 1.06. The minimum absolute atomic E-state index is 0.120. The lowest BCUT2D eigenvalue weighted by Gasteiger charge is -2.10. The van der Waals surface area contributed by atoms with E-state index in [1.54, 1.807) is 12.1 Å². The summed E-state index contributed by atoms with van der Waals surface area (Å²) >= 11 is 6.33. The summed E-state index contributed by atoms with van der Waals surface area (Å²) in [4.78, 5) is 17.1. The number of halogens is 1. The second-order valence-electron chi connectivity index (χ2n) is 8.41. The lowest BCUT2D eigenvalue weighted by atomic mass is 9.98. The lowest BCUT2D eigenvalue weighted by Crippen LogP contribution is -2.20. The van der Waals surface area contributed by atoms with Crippen LogP contribution in [0, 0.1) is 13.8 Å². The fraction of sp³-hybridized carbons (Fsp3) is 0.259. The van der Waals surface area contributed by atoms with Gasteiger partial charge in [-0.25, -0.2) is 4.98 Å². The Hall–Kier alpha value is -3.31. The second-order valence-corrected chi connectivity index (χ2v) is 8.82. The van der Waals surface area contributed by atoms with Crippen LogP contribution in [0.5, 0.6) is 5.75 Å². The quantitative estimate of drug-likeness (QED) is 0.313. The highest BCUT2D eigenvalue weighted by Gasteiger charge is 2.14. The normalized spacial score (nSPS) is 12.0. The van der Waals surface area contributed by atoms with Crippen molar-refractivity contribution >= 4 is 34.3 Å². The molecule has 0 bridgehead atoms. The van der Waals surface area contributed by atoms with Crippen LogP contribution < -0.4 is 10.1 Å². The maximum absolute atomic E-state index is 12.5. The number of hydrogen-bond donors (Lipinski definition) is 1. The Kier molecular flexibility index (Phi) is 6.70. The molecular weight excluding hydrogens is 436 g/mol. The van der Waals surface area contributed by atoms with Gasteiger partial charge in [0.1, 0.15) is 11.3 Å². The molecule has 4 aromatic rings. The summed E-state index contributed by atoms with van der Waals surface area (Å²) in [5.41, 5.74) is 6.13. The van der Waals surface area contributed by atoms with Crippen LogP contribution in [-0.4, -0.2) is 17.5 Å². The number of carbonyl (C=O) groups is 1. The molecule has 0 fully saturated rings. The monoisotopic (exact) mass is 462 g/mol. The molecule has 0 aliphatic rings. The van der Waals surface area contributed by atoms with E-state index in [9.17, 15) is 4.79 Å². The number of fused-ring (bicyclic) bond motifs is 1. The first-order valence-electron chi connectivity index (χ1n) is 11.0. The Morgan fingerprint density at radius 3 is 2.58 bits per heavy atom. The Bertz CT molecular complexity index is 1290.